The van der Waals surface area contributed by atoms with Crippen molar-refractivity contribution in [3.8, 4) is 0 Å². The summed E-state index contributed by atoms with van der Waals surface area (Å²) in [5.41, 5.74) is 9.36. The van der Waals surface area contributed by atoms with E-state index in [0.29, 0.717) is 0 Å². The minimum atomic E-state index is 0. The van der Waals surface area contributed by atoms with Crippen molar-refractivity contribution < 1.29 is 50.7 Å². The molecule has 0 radical (unpaired) electrons. The Morgan fingerprint density at radius 2 is 0.931 bits per heavy atom. The van der Waals surface area contributed by atoms with Gasteiger partial charge in [-0.15, -0.1) is 12.8 Å². The molecule has 0 nitrogen and oxygen atoms in total. The molecule has 0 aliphatic heterocycles. The van der Waals surface area contributed by atoms with Crippen LogP contribution in [0.2, 0.25) is 0 Å². The van der Waals surface area contributed by atoms with Crippen molar-refractivity contribution in [2.75, 3.05) is 0 Å². The Hall–Kier alpha value is 0.410. The molecule has 164 valence electrons. The summed E-state index contributed by atoms with van der Waals surface area (Å²) in [4.78, 5) is 0. The number of halogens is 2. The van der Waals surface area contributed by atoms with Crippen LogP contribution in [0, 0.1) is 12.2 Å². The Morgan fingerprint density at radius 1 is 0.586 bits per heavy atom. The zero-order valence-electron chi connectivity index (χ0n) is 19.7. The summed E-state index contributed by atoms with van der Waals surface area (Å²) in [7, 11) is 0. The molecule has 2 aliphatic carbocycles. The van der Waals surface area contributed by atoms with Crippen LogP contribution in [0.25, 0.3) is 0 Å². The molecule has 0 saturated heterocycles. The maximum absolute atomic E-state index is 3.57. The van der Waals surface area contributed by atoms with Crippen LogP contribution in [0.5, 0.6) is 0 Å². The molecule has 29 heavy (non-hydrogen) atoms. The maximum Gasteiger partial charge on any atom is 4.00 e. The second-order valence-electron chi connectivity index (χ2n) is 7.60. The molecule has 0 aromatic rings. The standard InChI is InChI=1S/2C13H21.2ClH.Hf/c2*1-4-7-8-11-9-12(5-2)13(6-3)10-11;;;/h2*4-9H2,1-3H3;2*1H;/q2*-1;;;+4/p-2. The molecule has 3 heteroatoms. The largest absolute Gasteiger partial charge is 4.00 e. The van der Waals surface area contributed by atoms with Crippen LogP contribution in [0.4, 0.5) is 0 Å². The Morgan fingerprint density at radius 3 is 1.14 bits per heavy atom. The van der Waals surface area contributed by atoms with Crippen molar-refractivity contribution in [1.82, 2.24) is 0 Å². The zero-order chi connectivity index (χ0) is 19.4. The molecule has 0 heterocycles. The molecule has 0 aromatic carbocycles. The molecule has 0 saturated carbocycles. The van der Waals surface area contributed by atoms with Gasteiger partial charge in [-0.25, -0.2) is 34.4 Å². The topological polar surface area (TPSA) is 0 Å². The second-order valence-corrected chi connectivity index (χ2v) is 7.60. The Bertz CT molecular complexity index is 503. The number of unbranched alkanes of at least 4 members (excludes halogenated alkanes) is 2. The average Bonchev–Trinajstić information content (AvgIpc) is 3.27. The van der Waals surface area contributed by atoms with Crippen molar-refractivity contribution in [3.05, 3.63) is 45.6 Å². The summed E-state index contributed by atoms with van der Waals surface area (Å²) in [5.74, 6) is 0. The van der Waals surface area contributed by atoms with Gasteiger partial charge in [0.25, 0.3) is 0 Å². The molecule has 0 bridgehead atoms. The predicted molar refractivity (Wildman–Crippen MR) is 117 cm³/mol. The number of allylic oxidation sites excluding steroid dienone is 8. The normalized spacial score (nSPS) is 15.0. The van der Waals surface area contributed by atoms with E-state index in [1.165, 1.54) is 88.2 Å². The minimum absolute atomic E-state index is 0. The monoisotopic (exact) mass is 604 g/mol. The van der Waals surface area contributed by atoms with Crippen molar-refractivity contribution >= 4 is 0 Å². The smallest absolute Gasteiger partial charge is 1.00 e. The van der Waals surface area contributed by atoms with Gasteiger partial charge in [0.1, 0.15) is 0 Å². The van der Waals surface area contributed by atoms with Gasteiger partial charge in [-0.3, -0.25) is 0 Å². The minimum Gasteiger partial charge on any atom is -1.00 e. The summed E-state index contributed by atoms with van der Waals surface area (Å²) in [5, 5.41) is 0. The van der Waals surface area contributed by atoms with E-state index in [-0.39, 0.29) is 50.7 Å². The van der Waals surface area contributed by atoms with Crippen LogP contribution in [-0.2, 0) is 25.8 Å². The van der Waals surface area contributed by atoms with Gasteiger partial charge in [-0.2, -0.15) is 11.1 Å². The molecule has 0 unspecified atom stereocenters. The van der Waals surface area contributed by atoms with Crippen molar-refractivity contribution in [2.24, 2.45) is 0 Å². The van der Waals surface area contributed by atoms with Crippen LogP contribution in [0.15, 0.2) is 33.4 Å². The van der Waals surface area contributed by atoms with Gasteiger partial charge in [-0.05, 0) is 0 Å². The number of hydrogen-bond acceptors (Lipinski definition) is 0. The molecule has 2 rings (SSSR count). The molecular formula is C26H42Cl2Hf. The summed E-state index contributed by atoms with van der Waals surface area (Å²) in [6, 6.07) is 0. The quantitative estimate of drug-likeness (QED) is 0.266. The van der Waals surface area contributed by atoms with Crippen molar-refractivity contribution in [1.29, 1.82) is 0 Å². The van der Waals surface area contributed by atoms with Crippen LogP contribution < -0.4 is 24.8 Å². The zero-order valence-corrected chi connectivity index (χ0v) is 24.8. The van der Waals surface area contributed by atoms with Gasteiger partial charge in [0.05, 0.1) is 0 Å². The molecule has 0 amide bonds. The van der Waals surface area contributed by atoms with Gasteiger partial charge >= 0.3 is 25.8 Å². The fraction of sp³-hybridized carbons (Fsp3) is 0.692. The Balaban J connectivity index is -0.000000422. The summed E-state index contributed by atoms with van der Waals surface area (Å²) in [6.45, 7) is 13.5. The summed E-state index contributed by atoms with van der Waals surface area (Å²) >= 11 is 0. The van der Waals surface area contributed by atoms with E-state index in [2.05, 4.69) is 53.7 Å². The summed E-state index contributed by atoms with van der Waals surface area (Å²) < 4.78 is 0. The number of hydrogen-bond donors (Lipinski definition) is 0. The third kappa shape index (κ3) is 12.1. The first-order valence-electron chi connectivity index (χ1n) is 11.3. The Labute approximate surface area is 213 Å². The van der Waals surface area contributed by atoms with Gasteiger partial charge in [0, 0.05) is 0 Å². The van der Waals surface area contributed by atoms with E-state index in [1.54, 1.807) is 22.3 Å². The first-order chi connectivity index (χ1) is 12.6. The summed E-state index contributed by atoms with van der Waals surface area (Å²) in [6.07, 6.45) is 22.1. The molecule has 0 N–H and O–H groups in total. The molecule has 0 aromatic heterocycles. The van der Waals surface area contributed by atoms with Crippen molar-refractivity contribution in [3.63, 3.8) is 0 Å². The van der Waals surface area contributed by atoms with E-state index < -0.39 is 0 Å². The Kier molecular flexibility index (Phi) is 23.8. The maximum atomic E-state index is 3.57. The third-order valence-electron chi connectivity index (χ3n) is 5.59. The fourth-order valence-electron chi connectivity index (χ4n) is 3.86. The predicted octanol–water partition coefficient (Wildman–Crippen LogP) is 2.86. The average molecular weight is 604 g/mol. The van der Waals surface area contributed by atoms with Crippen molar-refractivity contribution in [2.45, 2.75) is 119 Å². The SMILES string of the molecule is CCCCC1=[C-]C(CC)=C(CC)C1.CCCCC1=[C-]C(CC)=C(CC)C1.[Cl-].[Cl-].[Hf+4]. The number of rotatable bonds is 10. The van der Waals surface area contributed by atoms with Gasteiger partial charge < -0.3 is 24.8 Å². The van der Waals surface area contributed by atoms with Crippen LogP contribution in [0.3, 0.4) is 0 Å². The van der Waals surface area contributed by atoms with E-state index >= 15 is 0 Å². The second kappa shape index (κ2) is 20.3. The van der Waals surface area contributed by atoms with Gasteiger partial charge in [0.15, 0.2) is 0 Å². The fourth-order valence-corrected chi connectivity index (χ4v) is 3.86. The van der Waals surface area contributed by atoms with E-state index in [0.717, 1.165) is 0 Å². The molecule has 0 atom stereocenters. The molecule has 0 spiro atoms. The molecule has 2 aliphatic rings. The van der Waals surface area contributed by atoms with E-state index in [9.17, 15) is 0 Å². The van der Waals surface area contributed by atoms with Crippen LogP contribution >= 0.6 is 0 Å². The van der Waals surface area contributed by atoms with E-state index in [1.807, 2.05) is 0 Å². The first-order valence-corrected chi connectivity index (χ1v) is 11.3. The van der Waals surface area contributed by atoms with Crippen LogP contribution in [-0.4, -0.2) is 0 Å². The third-order valence-corrected chi connectivity index (χ3v) is 5.59. The first kappa shape index (κ1) is 34.0. The molecule has 0 fully saturated rings. The van der Waals surface area contributed by atoms with E-state index in [4.69, 9.17) is 0 Å². The van der Waals surface area contributed by atoms with Gasteiger partial charge in [-0.1, -0.05) is 106 Å². The van der Waals surface area contributed by atoms with Gasteiger partial charge in [0.2, 0.25) is 0 Å². The molecular weight excluding hydrogens is 562 g/mol. The van der Waals surface area contributed by atoms with Crippen LogP contribution in [0.1, 0.15) is 119 Å².